The summed E-state index contributed by atoms with van der Waals surface area (Å²) in [4.78, 5) is 22.6. The van der Waals surface area contributed by atoms with E-state index in [-0.39, 0.29) is 11.3 Å². The third-order valence-corrected chi connectivity index (χ3v) is 3.52. The molecule has 3 rings (SSSR count). The molecule has 0 unspecified atom stereocenters. The van der Waals surface area contributed by atoms with Crippen LogP contribution in [0.1, 0.15) is 15.9 Å². The molecule has 5 heteroatoms. The number of aryl methyl sites for hydroxylation is 1. The Kier molecular flexibility index (Phi) is 3.18. The lowest BCUT2D eigenvalue weighted by Gasteiger charge is -2.09. The van der Waals surface area contributed by atoms with Gasteiger partial charge in [0.1, 0.15) is 16.9 Å². The van der Waals surface area contributed by atoms with E-state index in [1.165, 1.54) is 12.1 Å². The van der Waals surface area contributed by atoms with Gasteiger partial charge < -0.3 is 14.6 Å². The smallest absolute Gasteiger partial charge is 0.351 e. The Hall–Kier alpha value is -3.08. The molecule has 0 bridgehead atoms. The van der Waals surface area contributed by atoms with Crippen molar-refractivity contribution in [2.75, 3.05) is 0 Å². The number of benzene rings is 2. The van der Waals surface area contributed by atoms with Gasteiger partial charge in [0.15, 0.2) is 0 Å². The Morgan fingerprint density at radius 2 is 1.82 bits per heavy atom. The van der Waals surface area contributed by atoms with E-state index in [2.05, 4.69) is 0 Å². The zero-order valence-electron chi connectivity index (χ0n) is 11.7. The zero-order valence-corrected chi connectivity index (χ0v) is 11.7. The predicted octanol–water partition coefficient (Wildman–Crippen LogP) is 3.17. The maximum Gasteiger partial charge on any atom is 0.351 e. The fourth-order valence-corrected chi connectivity index (χ4v) is 2.40. The lowest BCUT2D eigenvalue weighted by Crippen LogP contribution is -2.12. The SMILES string of the molecule is Cc1ccccc1-c1cc2cc(C(=O)O)c(=O)oc2cc1O. The lowest BCUT2D eigenvalue weighted by molar-refractivity contribution is 0.0692. The fourth-order valence-electron chi connectivity index (χ4n) is 2.40. The molecule has 22 heavy (non-hydrogen) atoms. The normalized spacial score (nSPS) is 10.8. The molecule has 0 radical (unpaired) electrons. The summed E-state index contributed by atoms with van der Waals surface area (Å²) in [5.74, 6) is -1.38. The van der Waals surface area contributed by atoms with E-state index in [0.29, 0.717) is 10.9 Å². The van der Waals surface area contributed by atoms with Gasteiger partial charge in [0.25, 0.3) is 0 Å². The molecule has 0 saturated carbocycles. The third-order valence-electron chi connectivity index (χ3n) is 3.52. The molecule has 0 amide bonds. The number of aromatic carboxylic acids is 1. The van der Waals surface area contributed by atoms with Crippen LogP contribution in [-0.4, -0.2) is 16.2 Å². The zero-order chi connectivity index (χ0) is 15.9. The van der Waals surface area contributed by atoms with Crippen LogP contribution in [0.4, 0.5) is 0 Å². The van der Waals surface area contributed by atoms with Crippen molar-refractivity contribution in [1.82, 2.24) is 0 Å². The average molecular weight is 296 g/mol. The molecule has 3 aromatic rings. The summed E-state index contributed by atoms with van der Waals surface area (Å²) in [6.45, 7) is 1.91. The number of carboxylic acids is 1. The monoisotopic (exact) mass is 296 g/mol. The predicted molar refractivity (Wildman–Crippen MR) is 81.3 cm³/mol. The minimum Gasteiger partial charge on any atom is -0.507 e. The van der Waals surface area contributed by atoms with Crippen LogP contribution >= 0.6 is 0 Å². The van der Waals surface area contributed by atoms with Crippen LogP contribution in [0.3, 0.4) is 0 Å². The number of phenols is 1. The molecule has 0 atom stereocenters. The van der Waals surface area contributed by atoms with Crippen LogP contribution in [0.15, 0.2) is 51.7 Å². The Labute approximate surface area is 125 Å². The number of carbonyl (C=O) groups is 1. The van der Waals surface area contributed by atoms with Gasteiger partial charge in [-0.1, -0.05) is 24.3 Å². The molecule has 2 N–H and O–H groups in total. The fraction of sp³-hybridized carbons (Fsp3) is 0.0588. The molecule has 1 aromatic heterocycles. The quantitative estimate of drug-likeness (QED) is 0.709. The maximum absolute atomic E-state index is 11.6. The van der Waals surface area contributed by atoms with Crippen molar-refractivity contribution in [2.45, 2.75) is 6.92 Å². The summed E-state index contributed by atoms with van der Waals surface area (Å²) >= 11 is 0. The molecule has 5 nitrogen and oxygen atoms in total. The van der Waals surface area contributed by atoms with E-state index in [9.17, 15) is 14.7 Å². The molecule has 110 valence electrons. The first-order valence-electron chi connectivity index (χ1n) is 6.57. The molecule has 0 aliphatic carbocycles. The first-order chi connectivity index (χ1) is 10.5. The molecule has 0 aliphatic heterocycles. The van der Waals surface area contributed by atoms with Gasteiger partial charge >= 0.3 is 11.6 Å². The highest BCUT2D eigenvalue weighted by Crippen LogP contribution is 2.34. The number of hydrogen-bond donors (Lipinski definition) is 2. The number of phenolic OH excluding ortho intramolecular Hbond substituents is 1. The Morgan fingerprint density at radius 3 is 2.50 bits per heavy atom. The highest BCUT2D eigenvalue weighted by molar-refractivity contribution is 5.94. The molecular formula is C17H12O5. The number of rotatable bonds is 2. The Balaban J connectivity index is 2.32. The second-order valence-corrected chi connectivity index (χ2v) is 4.97. The van der Waals surface area contributed by atoms with Crippen molar-refractivity contribution in [3.8, 4) is 16.9 Å². The minimum atomic E-state index is -1.35. The molecule has 2 aromatic carbocycles. The van der Waals surface area contributed by atoms with Crippen LogP contribution in [-0.2, 0) is 0 Å². The summed E-state index contributed by atoms with van der Waals surface area (Å²) in [5.41, 5.74) is 1.11. The summed E-state index contributed by atoms with van der Waals surface area (Å²) in [5, 5.41) is 19.6. The Morgan fingerprint density at radius 1 is 1.09 bits per heavy atom. The summed E-state index contributed by atoms with van der Waals surface area (Å²) in [6.07, 6.45) is 0. The van der Waals surface area contributed by atoms with Gasteiger partial charge in [0.2, 0.25) is 0 Å². The van der Waals surface area contributed by atoms with Gasteiger partial charge in [-0.05, 0) is 30.2 Å². The van der Waals surface area contributed by atoms with Crippen LogP contribution < -0.4 is 5.63 Å². The largest absolute Gasteiger partial charge is 0.507 e. The van der Waals surface area contributed by atoms with Gasteiger partial charge in [0, 0.05) is 17.0 Å². The highest BCUT2D eigenvalue weighted by Gasteiger charge is 2.15. The average Bonchev–Trinajstić information content (AvgIpc) is 2.46. The molecule has 0 aliphatic rings. The van der Waals surface area contributed by atoms with E-state index in [4.69, 9.17) is 9.52 Å². The number of carboxylic acid groups (broad SMARTS) is 1. The lowest BCUT2D eigenvalue weighted by atomic mass is 9.98. The highest BCUT2D eigenvalue weighted by atomic mass is 16.4. The van der Waals surface area contributed by atoms with Crippen molar-refractivity contribution in [1.29, 1.82) is 0 Å². The maximum atomic E-state index is 11.6. The molecule has 0 spiro atoms. The second-order valence-electron chi connectivity index (χ2n) is 4.97. The van der Waals surface area contributed by atoms with Crippen LogP contribution in [0, 0.1) is 6.92 Å². The topological polar surface area (TPSA) is 87.7 Å². The van der Waals surface area contributed by atoms with E-state index >= 15 is 0 Å². The van der Waals surface area contributed by atoms with E-state index < -0.39 is 17.2 Å². The van der Waals surface area contributed by atoms with E-state index in [1.807, 2.05) is 31.2 Å². The van der Waals surface area contributed by atoms with Gasteiger partial charge in [-0.15, -0.1) is 0 Å². The van der Waals surface area contributed by atoms with Crippen LogP contribution in [0.25, 0.3) is 22.1 Å². The molecule has 1 heterocycles. The minimum absolute atomic E-state index is 0.0342. The van der Waals surface area contributed by atoms with Crippen LogP contribution in [0.2, 0.25) is 0 Å². The summed E-state index contributed by atoms with van der Waals surface area (Å²) in [6, 6.07) is 11.7. The van der Waals surface area contributed by atoms with Crippen molar-refractivity contribution in [2.24, 2.45) is 0 Å². The number of aromatic hydroxyl groups is 1. The summed E-state index contributed by atoms with van der Waals surface area (Å²) < 4.78 is 4.96. The van der Waals surface area contributed by atoms with Crippen molar-refractivity contribution in [3.05, 3.63) is 64.0 Å². The third kappa shape index (κ3) is 2.22. The van der Waals surface area contributed by atoms with Crippen molar-refractivity contribution >= 4 is 16.9 Å². The first-order valence-corrected chi connectivity index (χ1v) is 6.57. The van der Waals surface area contributed by atoms with Crippen molar-refractivity contribution in [3.63, 3.8) is 0 Å². The first kappa shape index (κ1) is 13.9. The summed E-state index contributed by atoms with van der Waals surface area (Å²) in [7, 11) is 0. The number of fused-ring (bicyclic) bond motifs is 1. The standard InChI is InChI=1S/C17H12O5/c1-9-4-2-3-5-11(9)12-6-10-7-13(16(19)20)17(21)22-15(10)8-14(12)18/h2-8,18H,1H3,(H,19,20). The van der Waals surface area contributed by atoms with E-state index in [1.54, 1.807) is 6.07 Å². The van der Waals surface area contributed by atoms with Crippen molar-refractivity contribution < 1.29 is 19.4 Å². The van der Waals surface area contributed by atoms with Gasteiger partial charge in [-0.2, -0.15) is 0 Å². The van der Waals surface area contributed by atoms with Gasteiger partial charge in [-0.3, -0.25) is 0 Å². The molecule has 0 saturated heterocycles. The molecule has 0 fully saturated rings. The van der Waals surface area contributed by atoms with E-state index in [0.717, 1.165) is 11.1 Å². The van der Waals surface area contributed by atoms with Gasteiger partial charge in [-0.25, -0.2) is 9.59 Å². The van der Waals surface area contributed by atoms with Gasteiger partial charge in [0.05, 0.1) is 0 Å². The van der Waals surface area contributed by atoms with Crippen LogP contribution in [0.5, 0.6) is 5.75 Å². The number of hydrogen-bond acceptors (Lipinski definition) is 4. The second kappa shape index (κ2) is 5.04. The molecular weight excluding hydrogens is 284 g/mol. The Bertz CT molecular complexity index is 953.